The topological polar surface area (TPSA) is 55.1 Å². The number of benzene rings is 1. The molecule has 1 aliphatic rings. The van der Waals surface area contributed by atoms with Gasteiger partial charge in [-0.2, -0.15) is 0 Å². The number of hydrogen-bond donors (Lipinski definition) is 2. The van der Waals surface area contributed by atoms with Crippen molar-refractivity contribution in [2.75, 3.05) is 0 Å². The van der Waals surface area contributed by atoms with Gasteiger partial charge in [-0.05, 0) is 30.4 Å². The van der Waals surface area contributed by atoms with Crippen molar-refractivity contribution in [3.05, 3.63) is 35.9 Å². The number of nitrogens with two attached hydrogens (primary N) is 1. The average Bonchev–Trinajstić information content (AvgIpc) is 2.39. The molecule has 1 aliphatic carbocycles. The smallest absolute Gasteiger partial charge is 0.322 e. The van der Waals surface area contributed by atoms with Crippen LogP contribution in [-0.2, 0) is 4.75 Å². The van der Waals surface area contributed by atoms with E-state index in [0.29, 0.717) is 0 Å². The highest BCUT2D eigenvalue weighted by Crippen LogP contribution is 2.46. The predicted molar refractivity (Wildman–Crippen MR) is 71.5 cm³/mol. The van der Waals surface area contributed by atoms with Crippen molar-refractivity contribution in [2.45, 2.75) is 36.9 Å². The summed E-state index contributed by atoms with van der Waals surface area (Å²) in [6.07, 6.45) is 5.90. The number of hydrogen-bond acceptors (Lipinski definition) is 2. The molecular weight excluding hydrogens is 232 g/mol. The second-order valence-electron chi connectivity index (χ2n) is 4.49. The van der Waals surface area contributed by atoms with Crippen molar-refractivity contribution in [2.24, 2.45) is 5.73 Å². The molecule has 4 heteroatoms. The van der Waals surface area contributed by atoms with Crippen LogP contribution in [0.2, 0.25) is 0 Å². The fourth-order valence-electron chi connectivity index (χ4n) is 2.46. The summed E-state index contributed by atoms with van der Waals surface area (Å²) in [4.78, 5) is 10.9. The van der Waals surface area contributed by atoms with Crippen molar-refractivity contribution in [3.8, 4) is 0 Å². The van der Waals surface area contributed by atoms with Gasteiger partial charge in [0.2, 0.25) is 0 Å². The lowest BCUT2D eigenvalue weighted by Crippen LogP contribution is -2.33. The molecule has 0 radical (unpaired) electrons. The molecule has 0 aliphatic heterocycles. The van der Waals surface area contributed by atoms with Crippen molar-refractivity contribution in [1.29, 1.82) is 0 Å². The summed E-state index contributed by atoms with van der Waals surface area (Å²) in [5, 5.41) is 0. The van der Waals surface area contributed by atoms with Crippen molar-refractivity contribution in [3.63, 3.8) is 0 Å². The normalized spacial score (nSPS) is 18.6. The van der Waals surface area contributed by atoms with Crippen molar-refractivity contribution >= 4 is 18.0 Å². The van der Waals surface area contributed by atoms with Crippen LogP contribution in [0.4, 0.5) is 4.79 Å². The molecule has 92 valence electrons. The Balaban J connectivity index is 2.20. The number of amides is 2. The zero-order valence-electron chi connectivity index (χ0n) is 9.82. The lowest BCUT2D eigenvalue weighted by atomic mass is 9.83. The molecule has 0 heterocycles. The molecule has 1 fully saturated rings. The second-order valence-corrected chi connectivity index (χ2v) is 5.68. The number of carbonyl (C=O) groups is 1. The summed E-state index contributed by atoms with van der Waals surface area (Å²) in [6.45, 7) is 0. The molecule has 3 nitrogen and oxygen atoms in total. The molecule has 2 rings (SSSR count). The summed E-state index contributed by atoms with van der Waals surface area (Å²) in [6, 6.07) is 9.94. The Labute approximate surface area is 106 Å². The molecule has 1 aromatic carbocycles. The zero-order chi connectivity index (χ0) is 12.1. The Morgan fingerprint density at radius 2 is 1.82 bits per heavy atom. The third kappa shape index (κ3) is 2.94. The number of primary amides is 1. The maximum absolute atomic E-state index is 10.9. The molecule has 2 amide bonds. The van der Waals surface area contributed by atoms with Crippen molar-refractivity contribution < 1.29 is 4.79 Å². The number of urea groups is 1. The van der Waals surface area contributed by atoms with Gasteiger partial charge in [0.15, 0.2) is 0 Å². The van der Waals surface area contributed by atoms with Gasteiger partial charge in [-0.15, -0.1) is 0 Å². The first-order chi connectivity index (χ1) is 8.23. The maximum atomic E-state index is 10.9. The summed E-state index contributed by atoms with van der Waals surface area (Å²) >= 11 is 1.48. The third-order valence-corrected chi connectivity index (χ3v) is 4.65. The predicted octanol–water partition coefficient (Wildman–Crippen LogP) is 3.16. The van der Waals surface area contributed by atoms with Gasteiger partial charge in [0.25, 0.3) is 0 Å². The monoisotopic (exact) mass is 250 g/mol. The van der Waals surface area contributed by atoms with E-state index in [0.717, 1.165) is 12.8 Å². The number of rotatable bonds is 3. The van der Waals surface area contributed by atoms with E-state index in [9.17, 15) is 4.79 Å². The summed E-state index contributed by atoms with van der Waals surface area (Å²) in [5.74, 6) is 0. The number of nitrogens with one attached hydrogen (secondary N) is 1. The molecule has 0 unspecified atom stereocenters. The summed E-state index contributed by atoms with van der Waals surface area (Å²) < 4.78 is 2.72. The average molecular weight is 250 g/mol. The molecule has 1 saturated carbocycles. The van der Waals surface area contributed by atoms with Gasteiger partial charge < -0.3 is 5.73 Å². The SMILES string of the molecule is NC(=O)NSC1(c2ccccc2)CCCCC1. The van der Waals surface area contributed by atoms with Crippen LogP contribution < -0.4 is 10.5 Å². The van der Waals surface area contributed by atoms with E-state index in [4.69, 9.17) is 5.73 Å². The van der Waals surface area contributed by atoms with Crippen LogP contribution in [0.1, 0.15) is 37.7 Å². The van der Waals surface area contributed by atoms with Crippen LogP contribution in [0.25, 0.3) is 0 Å². The first-order valence-corrected chi connectivity index (χ1v) is 6.84. The quantitative estimate of drug-likeness (QED) is 0.810. The Hall–Kier alpha value is -1.16. The van der Waals surface area contributed by atoms with E-state index in [1.54, 1.807) is 0 Å². The molecule has 0 atom stereocenters. The molecular formula is C13H18N2OS. The van der Waals surface area contributed by atoms with Crippen LogP contribution in [-0.4, -0.2) is 6.03 Å². The lowest BCUT2D eigenvalue weighted by Gasteiger charge is -2.36. The highest BCUT2D eigenvalue weighted by molar-refractivity contribution is 7.98. The lowest BCUT2D eigenvalue weighted by molar-refractivity contribution is 0.254. The van der Waals surface area contributed by atoms with Crippen LogP contribution >= 0.6 is 11.9 Å². The Morgan fingerprint density at radius 3 is 2.41 bits per heavy atom. The highest BCUT2D eigenvalue weighted by atomic mass is 32.2. The molecule has 17 heavy (non-hydrogen) atoms. The molecule has 0 aromatic heterocycles. The Kier molecular flexibility index (Phi) is 3.94. The molecule has 0 saturated heterocycles. The Bertz CT molecular complexity index is 374. The largest absolute Gasteiger partial charge is 0.351 e. The van der Waals surface area contributed by atoms with Gasteiger partial charge in [-0.25, -0.2) is 4.79 Å². The third-order valence-electron chi connectivity index (χ3n) is 3.31. The van der Waals surface area contributed by atoms with E-state index in [-0.39, 0.29) is 4.75 Å². The summed E-state index contributed by atoms with van der Waals surface area (Å²) in [5.41, 5.74) is 6.47. The van der Waals surface area contributed by atoms with Crippen molar-refractivity contribution in [1.82, 2.24) is 4.72 Å². The van der Waals surface area contributed by atoms with Crippen LogP contribution in [0.15, 0.2) is 30.3 Å². The fourth-order valence-corrected chi connectivity index (χ4v) is 3.51. The van der Waals surface area contributed by atoms with Gasteiger partial charge in [0.1, 0.15) is 0 Å². The first-order valence-electron chi connectivity index (χ1n) is 6.02. The van der Waals surface area contributed by atoms with Crippen LogP contribution in [0.3, 0.4) is 0 Å². The minimum atomic E-state index is -0.462. The second kappa shape index (κ2) is 5.45. The maximum Gasteiger partial charge on any atom is 0.322 e. The van der Waals surface area contributed by atoms with Gasteiger partial charge in [0.05, 0.1) is 4.75 Å². The van der Waals surface area contributed by atoms with Gasteiger partial charge >= 0.3 is 6.03 Å². The molecule has 3 N–H and O–H groups in total. The molecule has 0 spiro atoms. The molecule has 0 bridgehead atoms. The van der Waals surface area contributed by atoms with E-state index < -0.39 is 6.03 Å². The molecule has 1 aromatic rings. The zero-order valence-corrected chi connectivity index (χ0v) is 10.6. The van der Waals surface area contributed by atoms with Gasteiger partial charge in [-0.3, -0.25) is 4.72 Å². The van der Waals surface area contributed by atoms with Crippen LogP contribution in [0.5, 0.6) is 0 Å². The van der Waals surface area contributed by atoms with Gasteiger partial charge in [-0.1, -0.05) is 49.6 Å². The first kappa shape index (κ1) is 12.3. The fraction of sp³-hybridized carbons (Fsp3) is 0.462. The van der Waals surface area contributed by atoms with E-state index in [1.807, 2.05) is 6.07 Å². The van der Waals surface area contributed by atoms with Crippen LogP contribution in [0, 0.1) is 0 Å². The standard InChI is InChI=1S/C13H18N2OS/c14-12(16)15-17-13(9-5-2-6-10-13)11-7-3-1-4-8-11/h1,3-4,7-8H,2,5-6,9-10H2,(H3,14,15,16). The highest BCUT2D eigenvalue weighted by Gasteiger charge is 2.35. The minimum Gasteiger partial charge on any atom is -0.351 e. The van der Waals surface area contributed by atoms with E-state index in [1.165, 1.54) is 36.8 Å². The minimum absolute atomic E-state index is 0.00847. The summed E-state index contributed by atoms with van der Waals surface area (Å²) in [7, 11) is 0. The Morgan fingerprint density at radius 1 is 1.18 bits per heavy atom. The van der Waals surface area contributed by atoms with E-state index >= 15 is 0 Å². The van der Waals surface area contributed by atoms with Gasteiger partial charge in [0, 0.05) is 0 Å². The van der Waals surface area contributed by atoms with E-state index in [2.05, 4.69) is 29.0 Å². The number of carbonyl (C=O) groups excluding carboxylic acids is 1.